The topological polar surface area (TPSA) is 49.4 Å². The van der Waals surface area contributed by atoms with Crippen LogP contribution < -0.4 is 10.2 Å². The van der Waals surface area contributed by atoms with E-state index in [4.69, 9.17) is 0 Å². The molecule has 0 radical (unpaired) electrons. The molecule has 0 aromatic heterocycles. The van der Waals surface area contributed by atoms with Gasteiger partial charge in [-0.3, -0.25) is 9.59 Å². The molecule has 4 rings (SSSR count). The number of aryl methyl sites for hydroxylation is 1. The number of anilines is 2. The lowest BCUT2D eigenvalue weighted by molar-refractivity contribution is -0.120. The molecule has 1 N–H and O–H groups in total. The number of hydrogen-bond acceptors (Lipinski definition) is 2. The van der Waals surface area contributed by atoms with Crippen molar-refractivity contribution in [3.63, 3.8) is 0 Å². The highest BCUT2D eigenvalue weighted by atomic mass is 16.2. The van der Waals surface area contributed by atoms with Crippen LogP contribution in [0, 0.1) is 17.8 Å². The van der Waals surface area contributed by atoms with Gasteiger partial charge in [0, 0.05) is 29.8 Å². The van der Waals surface area contributed by atoms with E-state index in [9.17, 15) is 9.59 Å². The van der Waals surface area contributed by atoms with Gasteiger partial charge in [0.05, 0.1) is 0 Å². The summed E-state index contributed by atoms with van der Waals surface area (Å²) in [5, 5.41) is 3.04. The van der Waals surface area contributed by atoms with Crippen molar-refractivity contribution in [2.24, 2.45) is 17.8 Å². The Morgan fingerprint density at radius 1 is 1.22 bits per heavy atom. The molecule has 4 heteroatoms. The molecule has 2 fully saturated rings. The number of rotatable bonds is 4. The van der Waals surface area contributed by atoms with E-state index in [1.807, 2.05) is 24.0 Å². The molecule has 0 saturated heterocycles. The van der Waals surface area contributed by atoms with Crippen molar-refractivity contribution in [2.45, 2.75) is 45.4 Å². The number of hydrogen-bond donors (Lipinski definition) is 1. The lowest BCUT2D eigenvalue weighted by Crippen LogP contribution is -2.36. The Bertz CT molecular complexity index is 647. The number of benzene rings is 1. The highest BCUT2D eigenvalue weighted by Gasteiger charge is 2.36. The van der Waals surface area contributed by atoms with E-state index in [0.29, 0.717) is 5.92 Å². The van der Waals surface area contributed by atoms with Gasteiger partial charge in [0.2, 0.25) is 11.8 Å². The van der Waals surface area contributed by atoms with E-state index < -0.39 is 0 Å². The second kappa shape index (κ2) is 5.66. The summed E-state index contributed by atoms with van der Waals surface area (Å²) in [6.07, 6.45) is 6.43. The highest BCUT2D eigenvalue weighted by molar-refractivity contribution is 5.99. The summed E-state index contributed by atoms with van der Waals surface area (Å²) in [5.41, 5.74) is 3.04. The van der Waals surface area contributed by atoms with Gasteiger partial charge in [-0.15, -0.1) is 0 Å². The van der Waals surface area contributed by atoms with Crippen molar-refractivity contribution in [1.82, 2.24) is 0 Å². The number of carbonyl (C=O) groups is 2. The highest BCUT2D eigenvalue weighted by Crippen LogP contribution is 2.38. The summed E-state index contributed by atoms with van der Waals surface area (Å²) in [5.74, 6) is 1.23. The molecule has 1 atom stereocenters. The average molecular weight is 312 g/mol. The molecule has 4 nitrogen and oxygen atoms in total. The number of amides is 2. The molecule has 1 aromatic carbocycles. The molecule has 3 aliphatic rings. The summed E-state index contributed by atoms with van der Waals surface area (Å²) in [7, 11) is 0. The third-order valence-corrected chi connectivity index (χ3v) is 5.41. The van der Waals surface area contributed by atoms with E-state index in [0.717, 1.165) is 43.6 Å². The minimum absolute atomic E-state index is 0.0789. The maximum atomic E-state index is 12.5. The zero-order valence-electron chi connectivity index (χ0n) is 13.7. The summed E-state index contributed by atoms with van der Waals surface area (Å²) >= 11 is 0. The smallest absolute Gasteiger partial charge is 0.230 e. The zero-order valence-corrected chi connectivity index (χ0v) is 13.7. The Labute approximate surface area is 137 Å². The Kier molecular flexibility index (Phi) is 3.63. The maximum Gasteiger partial charge on any atom is 0.230 e. The van der Waals surface area contributed by atoms with Crippen LogP contribution >= 0.6 is 0 Å². The van der Waals surface area contributed by atoms with Crippen LogP contribution in [-0.4, -0.2) is 18.4 Å². The molecule has 1 aromatic rings. The van der Waals surface area contributed by atoms with E-state index in [1.54, 1.807) is 0 Å². The van der Waals surface area contributed by atoms with Crippen molar-refractivity contribution in [3.8, 4) is 0 Å². The van der Waals surface area contributed by atoms with Gasteiger partial charge in [-0.05, 0) is 62.1 Å². The lowest BCUT2D eigenvalue weighted by Gasteiger charge is -2.30. The first-order chi connectivity index (χ1) is 11.1. The molecule has 0 bridgehead atoms. The Morgan fingerprint density at radius 2 is 2.00 bits per heavy atom. The van der Waals surface area contributed by atoms with E-state index in [-0.39, 0.29) is 23.7 Å². The van der Waals surface area contributed by atoms with Crippen LogP contribution in [0.3, 0.4) is 0 Å². The Balaban J connectivity index is 1.54. The first-order valence-electron chi connectivity index (χ1n) is 8.88. The van der Waals surface area contributed by atoms with Gasteiger partial charge in [0.25, 0.3) is 0 Å². The molecule has 1 aliphatic heterocycles. The summed E-state index contributed by atoms with van der Waals surface area (Å²) in [4.78, 5) is 26.7. The monoisotopic (exact) mass is 312 g/mol. The summed E-state index contributed by atoms with van der Waals surface area (Å²) in [6, 6.07) is 6.03. The first kappa shape index (κ1) is 14.7. The van der Waals surface area contributed by atoms with E-state index in [1.165, 1.54) is 18.4 Å². The molecule has 2 saturated carbocycles. The SMILES string of the molecule is CC(C(=O)Nc1ccc2c(c1)N(C(=O)C1CC1)CCC2)C1CC1. The normalized spacial score (nSPS) is 21.5. The Hall–Kier alpha value is -1.84. The standard InChI is InChI=1S/C19H24N2O2/c1-12(13-4-5-13)18(22)20-16-9-8-14-3-2-10-21(17(14)11-16)19(23)15-6-7-15/h8-9,11-13,15H,2-7,10H2,1H3,(H,20,22). The summed E-state index contributed by atoms with van der Waals surface area (Å²) < 4.78 is 0. The van der Waals surface area contributed by atoms with Crippen molar-refractivity contribution < 1.29 is 9.59 Å². The number of nitrogens with zero attached hydrogens (tertiary/aromatic N) is 1. The summed E-state index contributed by atoms with van der Waals surface area (Å²) in [6.45, 7) is 2.81. The van der Waals surface area contributed by atoms with Gasteiger partial charge >= 0.3 is 0 Å². The molecule has 2 aliphatic carbocycles. The molecular weight excluding hydrogens is 288 g/mol. The van der Waals surface area contributed by atoms with Crippen molar-refractivity contribution in [3.05, 3.63) is 23.8 Å². The van der Waals surface area contributed by atoms with Crippen LogP contribution in [-0.2, 0) is 16.0 Å². The van der Waals surface area contributed by atoms with Crippen LogP contribution in [0.4, 0.5) is 11.4 Å². The molecular formula is C19H24N2O2. The molecule has 0 spiro atoms. The van der Waals surface area contributed by atoms with Gasteiger partial charge < -0.3 is 10.2 Å². The van der Waals surface area contributed by atoms with Crippen LogP contribution in [0.1, 0.15) is 44.6 Å². The minimum Gasteiger partial charge on any atom is -0.326 e. The molecule has 1 heterocycles. The van der Waals surface area contributed by atoms with Gasteiger partial charge in [-0.2, -0.15) is 0 Å². The molecule has 1 unspecified atom stereocenters. The fourth-order valence-electron chi connectivity index (χ4n) is 3.50. The average Bonchev–Trinajstić information content (AvgIpc) is 3.45. The van der Waals surface area contributed by atoms with E-state index >= 15 is 0 Å². The predicted octanol–water partition coefficient (Wildman–Crippen LogP) is 3.36. The first-order valence-corrected chi connectivity index (χ1v) is 8.88. The fraction of sp³-hybridized carbons (Fsp3) is 0.579. The number of fused-ring (bicyclic) bond motifs is 1. The largest absolute Gasteiger partial charge is 0.326 e. The quantitative estimate of drug-likeness (QED) is 0.927. The van der Waals surface area contributed by atoms with E-state index in [2.05, 4.69) is 11.4 Å². The molecule has 122 valence electrons. The fourth-order valence-corrected chi connectivity index (χ4v) is 3.50. The predicted molar refractivity (Wildman–Crippen MR) is 90.4 cm³/mol. The molecule has 23 heavy (non-hydrogen) atoms. The zero-order chi connectivity index (χ0) is 16.0. The van der Waals surface area contributed by atoms with Crippen LogP contribution in [0.2, 0.25) is 0 Å². The van der Waals surface area contributed by atoms with Gasteiger partial charge in [-0.25, -0.2) is 0 Å². The van der Waals surface area contributed by atoms with Crippen LogP contribution in [0.15, 0.2) is 18.2 Å². The van der Waals surface area contributed by atoms with Crippen molar-refractivity contribution >= 4 is 23.2 Å². The number of carbonyl (C=O) groups excluding carboxylic acids is 2. The van der Waals surface area contributed by atoms with Crippen molar-refractivity contribution in [2.75, 3.05) is 16.8 Å². The number of nitrogens with one attached hydrogen (secondary N) is 1. The maximum absolute atomic E-state index is 12.5. The lowest BCUT2D eigenvalue weighted by atomic mass is 10.00. The van der Waals surface area contributed by atoms with Crippen molar-refractivity contribution in [1.29, 1.82) is 0 Å². The Morgan fingerprint density at radius 3 is 2.70 bits per heavy atom. The third-order valence-electron chi connectivity index (χ3n) is 5.41. The van der Waals surface area contributed by atoms with Gasteiger partial charge in [0.15, 0.2) is 0 Å². The second-order valence-electron chi connectivity index (χ2n) is 7.33. The van der Waals surface area contributed by atoms with Gasteiger partial charge in [0.1, 0.15) is 0 Å². The third kappa shape index (κ3) is 2.99. The minimum atomic E-state index is 0.0789. The second-order valence-corrected chi connectivity index (χ2v) is 7.33. The van der Waals surface area contributed by atoms with Crippen LogP contribution in [0.5, 0.6) is 0 Å². The van der Waals surface area contributed by atoms with Crippen LogP contribution in [0.25, 0.3) is 0 Å². The van der Waals surface area contributed by atoms with Gasteiger partial charge in [-0.1, -0.05) is 13.0 Å². The molecule has 2 amide bonds.